The Labute approximate surface area is 101 Å². The van der Waals surface area contributed by atoms with Crippen LogP contribution >= 0.6 is 0 Å². The van der Waals surface area contributed by atoms with E-state index in [0.29, 0.717) is 13.1 Å². The highest BCUT2D eigenvalue weighted by molar-refractivity contribution is 5.67. The summed E-state index contributed by atoms with van der Waals surface area (Å²) in [4.78, 5) is 10.4. The number of aliphatic hydroxyl groups excluding tert-OH is 1. The van der Waals surface area contributed by atoms with Gasteiger partial charge in [-0.15, -0.1) is 0 Å². The summed E-state index contributed by atoms with van der Waals surface area (Å²) in [5.74, 6) is -0.981. The van der Waals surface area contributed by atoms with Gasteiger partial charge in [0.2, 0.25) is 0 Å². The molecule has 1 unspecified atom stereocenters. The smallest absolute Gasteiger partial charge is 0.306 e. The first kappa shape index (κ1) is 13.7. The van der Waals surface area contributed by atoms with E-state index in [9.17, 15) is 9.90 Å². The highest BCUT2D eigenvalue weighted by Crippen LogP contribution is 2.10. The second-order valence-corrected chi connectivity index (χ2v) is 4.31. The topological polar surface area (TPSA) is 69.6 Å². The van der Waals surface area contributed by atoms with Crippen molar-refractivity contribution in [1.29, 1.82) is 0 Å². The zero-order valence-electron chi connectivity index (χ0n) is 10.2. The predicted molar refractivity (Wildman–Crippen MR) is 65.9 cm³/mol. The molecule has 0 heterocycles. The molecule has 0 fully saturated rings. The van der Waals surface area contributed by atoms with Crippen molar-refractivity contribution in [2.24, 2.45) is 0 Å². The Kier molecular flexibility index (Phi) is 5.12. The van der Waals surface area contributed by atoms with E-state index in [1.54, 1.807) is 0 Å². The number of hydrogen-bond donors (Lipinski definition) is 3. The van der Waals surface area contributed by atoms with Crippen LogP contribution in [0.1, 0.15) is 23.1 Å². The Morgan fingerprint density at radius 3 is 2.76 bits per heavy atom. The molecule has 1 aromatic carbocycles. The number of benzene rings is 1. The van der Waals surface area contributed by atoms with Gasteiger partial charge in [0.15, 0.2) is 0 Å². The van der Waals surface area contributed by atoms with E-state index in [1.165, 1.54) is 16.7 Å². The molecule has 0 aliphatic heterocycles. The number of rotatable bonds is 6. The molecule has 4 heteroatoms. The third-order valence-corrected chi connectivity index (χ3v) is 2.61. The van der Waals surface area contributed by atoms with E-state index in [-0.39, 0.29) is 6.42 Å². The zero-order chi connectivity index (χ0) is 12.8. The van der Waals surface area contributed by atoms with Gasteiger partial charge in [0, 0.05) is 13.1 Å². The van der Waals surface area contributed by atoms with Crippen LogP contribution in [0.15, 0.2) is 18.2 Å². The van der Waals surface area contributed by atoms with Gasteiger partial charge in [-0.05, 0) is 25.0 Å². The minimum atomic E-state index is -0.981. The molecule has 94 valence electrons. The molecule has 4 nitrogen and oxygen atoms in total. The van der Waals surface area contributed by atoms with Gasteiger partial charge < -0.3 is 15.5 Å². The molecule has 1 rings (SSSR count). The summed E-state index contributed by atoms with van der Waals surface area (Å²) in [6, 6.07) is 6.20. The maximum atomic E-state index is 10.4. The third kappa shape index (κ3) is 4.97. The lowest BCUT2D eigenvalue weighted by molar-refractivity contribution is -0.139. The van der Waals surface area contributed by atoms with Crippen molar-refractivity contribution >= 4 is 5.97 Å². The quantitative estimate of drug-likeness (QED) is 0.696. The minimum Gasteiger partial charge on any atom is -0.481 e. The summed E-state index contributed by atoms with van der Waals surface area (Å²) < 4.78 is 0. The van der Waals surface area contributed by atoms with Gasteiger partial charge in [0.05, 0.1) is 12.5 Å². The summed E-state index contributed by atoms with van der Waals surface area (Å²) in [5, 5.41) is 20.9. The Morgan fingerprint density at radius 2 is 2.12 bits per heavy atom. The Morgan fingerprint density at radius 1 is 1.41 bits per heavy atom. The normalized spacial score (nSPS) is 12.4. The number of carbonyl (C=O) groups is 1. The number of aliphatic carboxylic acids is 1. The van der Waals surface area contributed by atoms with E-state index in [1.807, 2.05) is 13.8 Å². The maximum Gasteiger partial charge on any atom is 0.306 e. The molecule has 17 heavy (non-hydrogen) atoms. The second-order valence-electron chi connectivity index (χ2n) is 4.31. The van der Waals surface area contributed by atoms with Crippen LogP contribution in [0.2, 0.25) is 0 Å². The van der Waals surface area contributed by atoms with Crippen LogP contribution in [-0.2, 0) is 11.3 Å². The number of carboxylic acid groups (broad SMARTS) is 1. The number of aryl methyl sites for hydroxylation is 2. The van der Waals surface area contributed by atoms with Crippen molar-refractivity contribution in [2.75, 3.05) is 6.54 Å². The molecule has 0 radical (unpaired) electrons. The molecule has 0 aliphatic carbocycles. The molecule has 0 saturated heterocycles. The number of carboxylic acids is 1. The van der Waals surface area contributed by atoms with Crippen LogP contribution in [0.3, 0.4) is 0 Å². The van der Waals surface area contributed by atoms with Crippen LogP contribution in [0.25, 0.3) is 0 Å². The largest absolute Gasteiger partial charge is 0.481 e. The number of hydrogen-bond acceptors (Lipinski definition) is 3. The fourth-order valence-corrected chi connectivity index (χ4v) is 1.64. The lowest BCUT2D eigenvalue weighted by Crippen LogP contribution is -2.28. The first-order valence-electron chi connectivity index (χ1n) is 5.65. The molecule has 0 saturated carbocycles. The van der Waals surface area contributed by atoms with Crippen molar-refractivity contribution in [3.05, 3.63) is 34.9 Å². The predicted octanol–water partition coefficient (Wildman–Crippen LogP) is 1.23. The van der Waals surface area contributed by atoms with Gasteiger partial charge in [-0.1, -0.05) is 23.8 Å². The van der Waals surface area contributed by atoms with Gasteiger partial charge in [-0.2, -0.15) is 0 Å². The highest BCUT2D eigenvalue weighted by atomic mass is 16.4. The Bertz CT molecular complexity index is 390. The Balaban J connectivity index is 2.40. The molecule has 0 aromatic heterocycles. The molecule has 1 aromatic rings. The monoisotopic (exact) mass is 237 g/mol. The summed E-state index contributed by atoms with van der Waals surface area (Å²) in [7, 11) is 0. The van der Waals surface area contributed by atoms with Gasteiger partial charge in [-0.25, -0.2) is 0 Å². The maximum absolute atomic E-state index is 10.4. The van der Waals surface area contributed by atoms with E-state index < -0.39 is 12.1 Å². The van der Waals surface area contributed by atoms with E-state index >= 15 is 0 Å². The fourth-order valence-electron chi connectivity index (χ4n) is 1.64. The van der Waals surface area contributed by atoms with Gasteiger partial charge >= 0.3 is 5.97 Å². The standard InChI is InChI=1S/C13H19NO3/c1-9-3-4-10(2)11(5-9)7-14-8-12(15)6-13(16)17/h3-5,12,14-15H,6-8H2,1-2H3,(H,16,17). The molecule has 0 amide bonds. The third-order valence-electron chi connectivity index (χ3n) is 2.61. The van der Waals surface area contributed by atoms with E-state index in [4.69, 9.17) is 5.11 Å². The fraction of sp³-hybridized carbons (Fsp3) is 0.462. The Hall–Kier alpha value is -1.39. The summed E-state index contributed by atoms with van der Waals surface area (Å²) in [5.41, 5.74) is 3.56. The van der Waals surface area contributed by atoms with Crippen LogP contribution in [-0.4, -0.2) is 28.8 Å². The molecule has 1 atom stereocenters. The van der Waals surface area contributed by atoms with Crippen molar-refractivity contribution < 1.29 is 15.0 Å². The van der Waals surface area contributed by atoms with Crippen LogP contribution in [0.4, 0.5) is 0 Å². The summed E-state index contributed by atoms with van der Waals surface area (Å²) in [6.45, 7) is 5.00. The van der Waals surface area contributed by atoms with Gasteiger partial charge in [0.1, 0.15) is 0 Å². The highest BCUT2D eigenvalue weighted by Gasteiger charge is 2.08. The van der Waals surface area contributed by atoms with E-state index in [2.05, 4.69) is 23.5 Å². The van der Waals surface area contributed by atoms with E-state index in [0.717, 1.165) is 0 Å². The van der Waals surface area contributed by atoms with Crippen molar-refractivity contribution in [3.8, 4) is 0 Å². The summed E-state index contributed by atoms with van der Waals surface area (Å²) >= 11 is 0. The van der Waals surface area contributed by atoms with Crippen molar-refractivity contribution in [3.63, 3.8) is 0 Å². The summed E-state index contributed by atoms with van der Waals surface area (Å²) in [6.07, 6.45) is -1.06. The van der Waals surface area contributed by atoms with Crippen LogP contribution in [0, 0.1) is 13.8 Å². The zero-order valence-corrected chi connectivity index (χ0v) is 10.2. The molecule has 3 N–H and O–H groups in total. The lowest BCUT2D eigenvalue weighted by atomic mass is 10.1. The van der Waals surface area contributed by atoms with Crippen molar-refractivity contribution in [2.45, 2.75) is 32.9 Å². The van der Waals surface area contributed by atoms with Crippen LogP contribution < -0.4 is 5.32 Å². The molecule has 0 spiro atoms. The van der Waals surface area contributed by atoms with Gasteiger partial charge in [0.25, 0.3) is 0 Å². The first-order valence-corrected chi connectivity index (χ1v) is 5.65. The average molecular weight is 237 g/mol. The van der Waals surface area contributed by atoms with Crippen molar-refractivity contribution in [1.82, 2.24) is 5.32 Å². The molecule has 0 bridgehead atoms. The SMILES string of the molecule is Cc1ccc(C)c(CNCC(O)CC(=O)O)c1. The molecular formula is C13H19NO3. The second kappa shape index (κ2) is 6.37. The molecule has 0 aliphatic rings. The molecular weight excluding hydrogens is 218 g/mol. The van der Waals surface area contributed by atoms with Gasteiger partial charge in [-0.3, -0.25) is 4.79 Å². The van der Waals surface area contributed by atoms with Crippen LogP contribution in [0.5, 0.6) is 0 Å². The average Bonchev–Trinajstić information content (AvgIpc) is 2.22. The minimum absolute atomic E-state index is 0.222. The number of nitrogens with one attached hydrogen (secondary N) is 1. The number of aliphatic hydroxyl groups is 1. The lowest BCUT2D eigenvalue weighted by Gasteiger charge is -2.11. The first-order chi connectivity index (χ1) is 7.99.